The summed E-state index contributed by atoms with van der Waals surface area (Å²) in [5.41, 5.74) is 5.26. The van der Waals surface area contributed by atoms with Gasteiger partial charge in [-0.15, -0.1) is 0 Å². The molecule has 0 saturated heterocycles. The summed E-state index contributed by atoms with van der Waals surface area (Å²) in [5, 5.41) is 16.7. The molecule has 35 heavy (non-hydrogen) atoms. The van der Waals surface area contributed by atoms with Gasteiger partial charge in [-0.3, -0.25) is 0 Å². The Morgan fingerprint density at radius 3 is 2.46 bits per heavy atom. The third-order valence-electron chi connectivity index (χ3n) is 5.87. The van der Waals surface area contributed by atoms with Crippen LogP contribution in [0.15, 0.2) is 72.8 Å². The van der Waals surface area contributed by atoms with Crippen LogP contribution >= 0.6 is 0 Å². The summed E-state index contributed by atoms with van der Waals surface area (Å²) in [6.07, 6.45) is 0.773. The van der Waals surface area contributed by atoms with E-state index in [0.29, 0.717) is 24.4 Å². The van der Waals surface area contributed by atoms with Crippen LogP contribution in [0.2, 0.25) is 0 Å². The van der Waals surface area contributed by atoms with Crippen LogP contribution in [0.1, 0.15) is 37.9 Å². The van der Waals surface area contributed by atoms with Crippen molar-refractivity contribution in [2.45, 2.75) is 33.2 Å². The summed E-state index contributed by atoms with van der Waals surface area (Å²) in [7, 11) is 0. The number of carbonyl (C=O) groups is 1. The molecule has 3 aromatic carbocycles. The fourth-order valence-electron chi connectivity index (χ4n) is 4.33. The number of carbonyl (C=O) groups excluding carboxylic acids is 1. The first-order valence-electron chi connectivity index (χ1n) is 11.9. The maximum absolute atomic E-state index is 12.3. The van der Waals surface area contributed by atoms with Crippen LogP contribution in [0, 0.1) is 11.3 Å². The Balaban J connectivity index is 1.55. The van der Waals surface area contributed by atoms with Gasteiger partial charge in [-0.2, -0.15) is 5.26 Å². The first-order chi connectivity index (χ1) is 17.0. The third-order valence-corrected chi connectivity index (χ3v) is 5.87. The molecule has 178 valence electrons. The molecule has 0 fully saturated rings. The minimum atomic E-state index is -0.244. The summed E-state index contributed by atoms with van der Waals surface area (Å²) >= 11 is 0. The smallest absolute Gasteiger partial charge is 0.319 e. The zero-order valence-electron chi connectivity index (χ0n) is 20.3. The second-order valence-electron chi connectivity index (χ2n) is 8.60. The van der Waals surface area contributed by atoms with Gasteiger partial charge in [0, 0.05) is 29.7 Å². The highest BCUT2D eigenvalue weighted by Gasteiger charge is 2.21. The zero-order valence-corrected chi connectivity index (χ0v) is 20.3. The summed E-state index contributed by atoms with van der Waals surface area (Å²) in [6.45, 7) is 7.30. The van der Waals surface area contributed by atoms with Crippen molar-refractivity contribution in [1.29, 1.82) is 5.26 Å². The molecular formula is C29H30N4O2. The number of hydrogen-bond donors (Lipinski definition) is 2. The van der Waals surface area contributed by atoms with Crippen molar-refractivity contribution in [2.75, 3.05) is 18.5 Å². The predicted octanol–water partition coefficient (Wildman–Crippen LogP) is 6.52. The van der Waals surface area contributed by atoms with Crippen LogP contribution in [-0.2, 0) is 6.42 Å². The molecule has 0 radical (unpaired) electrons. The summed E-state index contributed by atoms with van der Waals surface area (Å²) in [4.78, 5) is 12.3. The molecule has 0 aliphatic rings. The lowest BCUT2D eigenvalue weighted by Gasteiger charge is -2.16. The van der Waals surface area contributed by atoms with Crippen molar-refractivity contribution in [2.24, 2.45) is 0 Å². The number of hydrogen-bond acceptors (Lipinski definition) is 3. The molecule has 0 aliphatic heterocycles. The minimum Gasteiger partial charge on any atom is -0.494 e. The van der Waals surface area contributed by atoms with E-state index in [2.05, 4.69) is 35.1 Å². The van der Waals surface area contributed by atoms with Crippen LogP contribution < -0.4 is 15.4 Å². The lowest BCUT2D eigenvalue weighted by atomic mass is 10.1. The normalized spacial score (nSPS) is 10.8. The van der Waals surface area contributed by atoms with Gasteiger partial charge in [0.15, 0.2) is 0 Å². The standard InChI is InChI=1S/C29H30N4O2/c1-4-35-24-14-15-25-26(19-30)28(33(20(2)3)27(25)18-24)22-10-12-23(13-11-22)32-29(34)31-17-16-21-8-6-5-7-9-21/h5-15,18,20H,4,16-17H2,1-3H3,(H2,31,32,34). The highest BCUT2D eigenvalue weighted by molar-refractivity contribution is 5.96. The number of nitrogens with zero attached hydrogens (tertiary/aromatic N) is 2. The van der Waals surface area contributed by atoms with Gasteiger partial charge in [0.25, 0.3) is 0 Å². The van der Waals surface area contributed by atoms with Crippen molar-refractivity contribution in [3.05, 3.63) is 83.9 Å². The van der Waals surface area contributed by atoms with Crippen LogP contribution in [-0.4, -0.2) is 23.7 Å². The molecule has 0 aliphatic carbocycles. The fraction of sp³-hybridized carbons (Fsp3) is 0.241. The van der Waals surface area contributed by atoms with Gasteiger partial charge in [-0.05, 0) is 62.6 Å². The average Bonchev–Trinajstić information content (AvgIpc) is 3.19. The lowest BCUT2D eigenvalue weighted by Crippen LogP contribution is -2.30. The van der Waals surface area contributed by atoms with Gasteiger partial charge < -0.3 is 19.9 Å². The van der Waals surface area contributed by atoms with E-state index in [4.69, 9.17) is 4.74 Å². The minimum absolute atomic E-state index is 0.139. The molecule has 0 saturated carbocycles. The first-order valence-corrected chi connectivity index (χ1v) is 11.9. The number of fused-ring (bicyclic) bond motifs is 1. The number of nitriles is 1. The van der Waals surface area contributed by atoms with Crippen molar-refractivity contribution >= 4 is 22.6 Å². The number of amides is 2. The summed E-state index contributed by atoms with van der Waals surface area (Å²) in [6, 6.07) is 25.8. The van der Waals surface area contributed by atoms with Gasteiger partial charge in [0.05, 0.1) is 23.4 Å². The molecule has 0 atom stereocenters. The van der Waals surface area contributed by atoms with E-state index >= 15 is 0 Å². The topological polar surface area (TPSA) is 79.1 Å². The molecule has 0 unspecified atom stereocenters. The second kappa shape index (κ2) is 10.8. The summed E-state index contributed by atoms with van der Waals surface area (Å²) in [5.74, 6) is 0.785. The van der Waals surface area contributed by atoms with Gasteiger partial charge in [-0.1, -0.05) is 42.5 Å². The number of anilines is 1. The van der Waals surface area contributed by atoms with Crippen molar-refractivity contribution in [3.8, 4) is 23.1 Å². The predicted molar refractivity (Wildman–Crippen MR) is 141 cm³/mol. The Labute approximate surface area is 206 Å². The third kappa shape index (κ3) is 5.30. The van der Waals surface area contributed by atoms with E-state index in [9.17, 15) is 10.1 Å². The average molecular weight is 467 g/mol. The number of rotatable bonds is 8. The van der Waals surface area contributed by atoms with Gasteiger partial charge >= 0.3 is 6.03 Å². The molecule has 6 heteroatoms. The Morgan fingerprint density at radius 1 is 1.06 bits per heavy atom. The van der Waals surface area contributed by atoms with E-state index in [-0.39, 0.29) is 12.1 Å². The SMILES string of the molecule is CCOc1ccc2c(C#N)c(-c3ccc(NC(=O)NCCc4ccccc4)cc3)n(C(C)C)c2c1. The number of ether oxygens (including phenoxy) is 1. The van der Waals surface area contributed by atoms with Gasteiger partial charge in [-0.25, -0.2) is 4.79 Å². The molecule has 2 amide bonds. The van der Waals surface area contributed by atoms with E-state index in [1.165, 1.54) is 5.56 Å². The molecule has 6 nitrogen and oxygen atoms in total. The molecule has 2 N–H and O–H groups in total. The van der Waals surface area contributed by atoms with Crippen molar-refractivity contribution in [1.82, 2.24) is 9.88 Å². The zero-order chi connectivity index (χ0) is 24.8. The Kier molecular flexibility index (Phi) is 7.37. The molecule has 0 bridgehead atoms. The lowest BCUT2D eigenvalue weighted by molar-refractivity contribution is 0.252. The van der Waals surface area contributed by atoms with Gasteiger partial charge in [0.2, 0.25) is 0 Å². The van der Waals surface area contributed by atoms with Crippen molar-refractivity contribution < 1.29 is 9.53 Å². The van der Waals surface area contributed by atoms with Crippen LogP contribution in [0.4, 0.5) is 10.5 Å². The number of benzene rings is 3. The van der Waals surface area contributed by atoms with E-state index in [0.717, 1.165) is 34.3 Å². The van der Waals surface area contributed by atoms with E-state index < -0.39 is 0 Å². The maximum atomic E-state index is 12.3. The Hall–Kier alpha value is -4.24. The molecule has 4 aromatic rings. The second-order valence-corrected chi connectivity index (χ2v) is 8.60. The monoisotopic (exact) mass is 466 g/mol. The highest BCUT2D eigenvalue weighted by atomic mass is 16.5. The van der Waals surface area contributed by atoms with Crippen LogP contribution in [0.5, 0.6) is 5.75 Å². The fourth-order valence-corrected chi connectivity index (χ4v) is 4.33. The molecule has 1 heterocycles. The quantitative estimate of drug-likeness (QED) is 0.310. The molecule has 4 rings (SSSR count). The van der Waals surface area contributed by atoms with Crippen molar-refractivity contribution in [3.63, 3.8) is 0 Å². The molecular weight excluding hydrogens is 436 g/mol. The van der Waals surface area contributed by atoms with Crippen LogP contribution in [0.3, 0.4) is 0 Å². The molecule has 0 spiro atoms. The number of aromatic nitrogens is 1. The molecule has 1 aromatic heterocycles. The largest absolute Gasteiger partial charge is 0.494 e. The summed E-state index contributed by atoms with van der Waals surface area (Å²) < 4.78 is 7.88. The number of urea groups is 1. The van der Waals surface area contributed by atoms with Crippen LogP contribution in [0.25, 0.3) is 22.2 Å². The Bertz CT molecular complexity index is 1350. The Morgan fingerprint density at radius 2 is 1.80 bits per heavy atom. The highest BCUT2D eigenvalue weighted by Crippen LogP contribution is 2.37. The van der Waals surface area contributed by atoms with E-state index in [1.54, 1.807) is 0 Å². The first kappa shape index (κ1) is 23.9. The number of nitrogens with one attached hydrogen (secondary N) is 2. The maximum Gasteiger partial charge on any atom is 0.319 e. The van der Waals surface area contributed by atoms with Gasteiger partial charge in [0.1, 0.15) is 11.8 Å². The van der Waals surface area contributed by atoms with E-state index in [1.807, 2.05) is 79.7 Å².